The normalized spacial score (nSPS) is 13.2. The van der Waals surface area contributed by atoms with E-state index >= 15 is 0 Å². The van der Waals surface area contributed by atoms with Gasteiger partial charge < -0.3 is 5.73 Å². The van der Waals surface area contributed by atoms with Crippen molar-refractivity contribution in [3.05, 3.63) is 12.2 Å². The number of rotatable bonds is 5. The molecule has 2 N–H and O–H groups in total. The van der Waals surface area contributed by atoms with E-state index in [1.807, 2.05) is 25.7 Å². The van der Waals surface area contributed by atoms with Gasteiger partial charge in [0.2, 0.25) is 0 Å². The number of nitrogens with zero attached hydrogens (tertiary/aromatic N) is 3. The van der Waals surface area contributed by atoms with Crippen LogP contribution >= 0.6 is 11.8 Å². The Balaban J connectivity index is 2.17. The molecule has 0 amide bonds. The second-order valence-electron chi connectivity index (χ2n) is 3.12. The van der Waals surface area contributed by atoms with E-state index in [4.69, 9.17) is 5.73 Å². The predicted molar refractivity (Wildman–Crippen MR) is 55.4 cm³/mol. The van der Waals surface area contributed by atoms with Crippen molar-refractivity contribution in [3.8, 4) is 0 Å². The molecule has 0 bridgehead atoms. The van der Waals surface area contributed by atoms with Crippen LogP contribution in [-0.2, 0) is 12.8 Å². The lowest BCUT2D eigenvalue weighted by Crippen LogP contribution is -2.15. The first-order chi connectivity index (χ1) is 6.20. The zero-order valence-electron chi connectivity index (χ0n) is 8.10. The van der Waals surface area contributed by atoms with Crippen molar-refractivity contribution in [1.29, 1.82) is 0 Å². The molecule has 1 rings (SSSR count). The summed E-state index contributed by atoms with van der Waals surface area (Å²) in [5.41, 5.74) is 5.64. The molecular weight excluding hydrogens is 184 g/mol. The highest BCUT2D eigenvalue weighted by molar-refractivity contribution is 7.98. The van der Waals surface area contributed by atoms with Crippen molar-refractivity contribution in [1.82, 2.24) is 14.8 Å². The number of aromatic nitrogens is 3. The molecular formula is C8H16N4S. The van der Waals surface area contributed by atoms with Gasteiger partial charge in [-0.05, 0) is 19.1 Å². The van der Waals surface area contributed by atoms with Crippen molar-refractivity contribution >= 4 is 11.8 Å². The average Bonchev–Trinajstić information content (AvgIpc) is 2.45. The zero-order chi connectivity index (χ0) is 9.68. The fourth-order valence-electron chi connectivity index (χ4n) is 0.883. The molecule has 1 unspecified atom stereocenters. The number of nitrogens with two attached hydrogens (primary N) is 1. The molecule has 1 atom stereocenters. The van der Waals surface area contributed by atoms with E-state index in [2.05, 4.69) is 10.1 Å². The molecule has 1 aromatic rings. The van der Waals surface area contributed by atoms with Gasteiger partial charge in [-0.3, -0.25) is 4.68 Å². The smallest absolute Gasteiger partial charge is 0.138 e. The standard InChI is InChI=1S/C8H16N4S/c1-7(9)3-4-13-5-8-10-6-11-12(8)2/h6-7H,3-5,9H2,1-2H3. The van der Waals surface area contributed by atoms with Crippen LogP contribution in [0.5, 0.6) is 0 Å². The Morgan fingerprint density at radius 2 is 2.46 bits per heavy atom. The summed E-state index contributed by atoms with van der Waals surface area (Å²) in [6.07, 6.45) is 2.64. The maximum Gasteiger partial charge on any atom is 0.138 e. The van der Waals surface area contributed by atoms with Gasteiger partial charge in [0.05, 0.1) is 5.75 Å². The van der Waals surface area contributed by atoms with E-state index < -0.39 is 0 Å². The minimum atomic E-state index is 0.298. The van der Waals surface area contributed by atoms with Gasteiger partial charge in [-0.2, -0.15) is 16.9 Å². The van der Waals surface area contributed by atoms with E-state index in [-0.39, 0.29) is 0 Å². The zero-order valence-corrected chi connectivity index (χ0v) is 8.92. The van der Waals surface area contributed by atoms with Crippen LogP contribution in [0.2, 0.25) is 0 Å². The molecule has 0 spiro atoms. The highest BCUT2D eigenvalue weighted by Crippen LogP contribution is 2.10. The van der Waals surface area contributed by atoms with Gasteiger partial charge in [0, 0.05) is 13.1 Å². The summed E-state index contributed by atoms with van der Waals surface area (Å²) < 4.78 is 1.80. The third kappa shape index (κ3) is 3.78. The first-order valence-corrected chi connectivity index (χ1v) is 5.52. The van der Waals surface area contributed by atoms with Crippen LogP contribution in [0.1, 0.15) is 19.2 Å². The van der Waals surface area contributed by atoms with Gasteiger partial charge in [0.25, 0.3) is 0 Å². The van der Waals surface area contributed by atoms with E-state index in [9.17, 15) is 0 Å². The first-order valence-electron chi connectivity index (χ1n) is 4.36. The fourth-order valence-corrected chi connectivity index (χ4v) is 2.01. The molecule has 0 radical (unpaired) electrons. The van der Waals surface area contributed by atoms with Crippen molar-refractivity contribution in [2.45, 2.75) is 25.1 Å². The quantitative estimate of drug-likeness (QED) is 0.714. The molecule has 0 aliphatic rings. The predicted octanol–water partition coefficient (Wildman–Crippen LogP) is 0.786. The van der Waals surface area contributed by atoms with Gasteiger partial charge in [0.1, 0.15) is 12.2 Å². The molecule has 0 aliphatic carbocycles. The minimum Gasteiger partial charge on any atom is -0.328 e. The molecule has 4 nitrogen and oxygen atoms in total. The minimum absolute atomic E-state index is 0.298. The van der Waals surface area contributed by atoms with Gasteiger partial charge in [-0.25, -0.2) is 4.98 Å². The van der Waals surface area contributed by atoms with E-state index in [0.29, 0.717) is 6.04 Å². The summed E-state index contributed by atoms with van der Waals surface area (Å²) in [4.78, 5) is 4.13. The van der Waals surface area contributed by atoms with Crippen LogP contribution in [0.3, 0.4) is 0 Å². The molecule has 0 saturated heterocycles. The first kappa shape index (κ1) is 10.5. The second-order valence-corrected chi connectivity index (χ2v) is 4.22. The van der Waals surface area contributed by atoms with Gasteiger partial charge >= 0.3 is 0 Å². The van der Waals surface area contributed by atoms with Crippen molar-refractivity contribution in [2.75, 3.05) is 5.75 Å². The summed E-state index contributed by atoms with van der Waals surface area (Å²) in [7, 11) is 1.91. The average molecular weight is 200 g/mol. The lowest BCUT2D eigenvalue weighted by atomic mass is 10.3. The van der Waals surface area contributed by atoms with Crippen molar-refractivity contribution in [3.63, 3.8) is 0 Å². The second kappa shape index (κ2) is 5.24. The molecule has 0 fully saturated rings. The highest BCUT2D eigenvalue weighted by Gasteiger charge is 2.00. The Kier molecular flexibility index (Phi) is 4.24. The van der Waals surface area contributed by atoms with E-state index in [1.54, 1.807) is 11.0 Å². The Morgan fingerprint density at radius 3 is 3.00 bits per heavy atom. The molecule has 0 saturated carbocycles. The van der Waals surface area contributed by atoms with Crippen LogP contribution in [-0.4, -0.2) is 26.6 Å². The number of thioether (sulfide) groups is 1. The van der Waals surface area contributed by atoms with Crippen LogP contribution in [0.4, 0.5) is 0 Å². The number of aryl methyl sites for hydroxylation is 1. The summed E-state index contributed by atoms with van der Waals surface area (Å²) in [6.45, 7) is 2.03. The van der Waals surface area contributed by atoms with E-state index in [0.717, 1.165) is 23.8 Å². The van der Waals surface area contributed by atoms with Crippen LogP contribution < -0.4 is 5.73 Å². The molecule has 0 aliphatic heterocycles. The monoisotopic (exact) mass is 200 g/mol. The topological polar surface area (TPSA) is 56.7 Å². The van der Waals surface area contributed by atoms with Crippen LogP contribution in [0.25, 0.3) is 0 Å². The van der Waals surface area contributed by atoms with Crippen LogP contribution in [0, 0.1) is 0 Å². The Hall–Kier alpha value is -0.550. The summed E-state index contributed by atoms with van der Waals surface area (Å²) in [6, 6.07) is 0.298. The van der Waals surface area contributed by atoms with Crippen molar-refractivity contribution in [2.24, 2.45) is 12.8 Å². The van der Waals surface area contributed by atoms with Crippen molar-refractivity contribution < 1.29 is 0 Å². The molecule has 1 aromatic heterocycles. The van der Waals surface area contributed by atoms with Gasteiger partial charge in [-0.15, -0.1) is 0 Å². The molecule has 1 heterocycles. The van der Waals surface area contributed by atoms with Gasteiger partial charge in [-0.1, -0.05) is 0 Å². The van der Waals surface area contributed by atoms with Crippen LogP contribution in [0.15, 0.2) is 6.33 Å². The molecule has 5 heteroatoms. The molecule has 0 aromatic carbocycles. The maximum atomic E-state index is 5.64. The summed E-state index contributed by atoms with van der Waals surface area (Å²) >= 11 is 1.85. The lowest BCUT2D eigenvalue weighted by molar-refractivity contribution is 0.717. The Labute approximate surface area is 82.9 Å². The lowest BCUT2D eigenvalue weighted by Gasteiger charge is -2.03. The third-order valence-electron chi connectivity index (χ3n) is 1.75. The highest BCUT2D eigenvalue weighted by atomic mass is 32.2. The largest absolute Gasteiger partial charge is 0.328 e. The Morgan fingerprint density at radius 1 is 1.69 bits per heavy atom. The van der Waals surface area contributed by atoms with E-state index in [1.165, 1.54) is 0 Å². The van der Waals surface area contributed by atoms with Gasteiger partial charge in [0.15, 0.2) is 0 Å². The summed E-state index contributed by atoms with van der Waals surface area (Å²) in [5, 5.41) is 4.00. The molecule has 13 heavy (non-hydrogen) atoms. The Bertz CT molecular complexity index is 246. The molecule has 74 valence electrons. The number of hydrogen-bond acceptors (Lipinski definition) is 4. The maximum absolute atomic E-state index is 5.64. The number of hydrogen-bond donors (Lipinski definition) is 1. The summed E-state index contributed by atoms with van der Waals surface area (Å²) in [5.74, 6) is 3.03. The fraction of sp³-hybridized carbons (Fsp3) is 0.750. The third-order valence-corrected chi connectivity index (χ3v) is 2.74. The SMILES string of the molecule is CC(N)CCSCc1ncnn1C.